The minimum Gasteiger partial charge on any atom is -0.479 e. The van der Waals surface area contributed by atoms with E-state index in [4.69, 9.17) is 5.11 Å². The fourth-order valence-corrected chi connectivity index (χ4v) is 3.48. The lowest BCUT2D eigenvalue weighted by Crippen LogP contribution is -2.39. The van der Waals surface area contributed by atoms with E-state index in [2.05, 4.69) is 12.1 Å². The maximum atomic E-state index is 14.0. The number of carboxylic acid groups (broad SMARTS) is 1. The maximum absolute atomic E-state index is 14.0. The van der Waals surface area contributed by atoms with Gasteiger partial charge in [-0.2, -0.15) is 0 Å². The van der Waals surface area contributed by atoms with Gasteiger partial charge in [-0.15, -0.1) is 0 Å². The van der Waals surface area contributed by atoms with Crippen molar-refractivity contribution in [1.29, 1.82) is 0 Å². The average molecular weight is 305 g/mol. The van der Waals surface area contributed by atoms with Gasteiger partial charge in [0.1, 0.15) is 0 Å². The summed E-state index contributed by atoms with van der Waals surface area (Å²) in [6.07, 6.45) is 3.06. The molecule has 0 spiro atoms. The van der Waals surface area contributed by atoms with E-state index >= 15 is 0 Å². The zero-order valence-electron chi connectivity index (χ0n) is 12.4. The van der Waals surface area contributed by atoms with Gasteiger partial charge in [0, 0.05) is 19.4 Å². The van der Waals surface area contributed by atoms with Crippen LogP contribution in [0.1, 0.15) is 30.4 Å². The molecule has 1 heterocycles. The number of benzene rings is 1. The summed E-state index contributed by atoms with van der Waals surface area (Å²) in [5.41, 5.74) is 0.369. The molecule has 1 saturated heterocycles. The molecular weight excluding hydrogens is 285 g/mol. The second-order valence-corrected chi connectivity index (χ2v) is 6.42. The molecule has 2 atom stereocenters. The molecule has 1 aliphatic heterocycles. The van der Waals surface area contributed by atoms with E-state index in [9.17, 15) is 14.0 Å². The molecule has 0 bridgehead atoms. The van der Waals surface area contributed by atoms with Gasteiger partial charge in [0.05, 0.1) is 6.54 Å². The van der Waals surface area contributed by atoms with Crippen molar-refractivity contribution < 1.29 is 19.1 Å². The zero-order valence-corrected chi connectivity index (χ0v) is 12.4. The monoisotopic (exact) mass is 305 g/mol. The van der Waals surface area contributed by atoms with Crippen LogP contribution in [0, 0.1) is 5.92 Å². The largest absolute Gasteiger partial charge is 0.479 e. The summed E-state index contributed by atoms with van der Waals surface area (Å²) < 4.78 is 14.0. The van der Waals surface area contributed by atoms with Gasteiger partial charge in [0.25, 0.3) is 0 Å². The normalized spacial score (nSPS) is 27.5. The van der Waals surface area contributed by atoms with E-state index in [1.807, 2.05) is 12.1 Å². The van der Waals surface area contributed by atoms with Crippen LogP contribution in [0.5, 0.6) is 0 Å². The minimum atomic E-state index is -2.27. The molecule has 5 heteroatoms. The Morgan fingerprint density at radius 1 is 1.32 bits per heavy atom. The Balaban J connectivity index is 1.59. The Hall–Kier alpha value is -1.91. The van der Waals surface area contributed by atoms with Crippen LogP contribution in [0.3, 0.4) is 0 Å². The van der Waals surface area contributed by atoms with Gasteiger partial charge in [-0.25, -0.2) is 9.18 Å². The number of nitrogens with zero attached hydrogens (tertiary/aromatic N) is 1. The van der Waals surface area contributed by atoms with Gasteiger partial charge in [0.2, 0.25) is 11.6 Å². The molecular formula is C17H20FNO3. The van der Waals surface area contributed by atoms with Crippen LogP contribution in [0.2, 0.25) is 0 Å². The highest BCUT2D eigenvalue weighted by molar-refractivity contribution is 5.82. The molecule has 1 fully saturated rings. The number of amides is 1. The van der Waals surface area contributed by atoms with E-state index < -0.39 is 11.6 Å². The number of aryl methyl sites for hydroxylation is 1. The molecule has 1 N–H and O–H groups in total. The van der Waals surface area contributed by atoms with E-state index in [1.54, 1.807) is 0 Å². The number of fused-ring (bicyclic) bond motifs is 1. The van der Waals surface area contributed by atoms with Crippen LogP contribution in [0.15, 0.2) is 24.3 Å². The quantitative estimate of drug-likeness (QED) is 0.931. The number of carbonyl (C=O) groups is 2. The number of halogens is 1. The maximum Gasteiger partial charge on any atom is 0.343 e. The van der Waals surface area contributed by atoms with Crippen LogP contribution >= 0.6 is 0 Å². The van der Waals surface area contributed by atoms with Crippen molar-refractivity contribution in [1.82, 2.24) is 4.90 Å². The standard InChI is InChI=1S/C17H20FNO3/c18-17(16(21)22)7-8-19(11-17)15(20)10-12-5-6-13-3-1-2-4-14(13)9-12/h1-4,12H,5-11H2,(H,21,22). The molecule has 22 heavy (non-hydrogen) atoms. The van der Waals surface area contributed by atoms with E-state index in [0.29, 0.717) is 6.42 Å². The van der Waals surface area contributed by atoms with Crippen molar-refractivity contribution in [2.45, 2.75) is 37.8 Å². The van der Waals surface area contributed by atoms with Gasteiger partial charge in [-0.1, -0.05) is 24.3 Å². The third-order valence-corrected chi connectivity index (χ3v) is 4.87. The number of alkyl halides is 1. The smallest absolute Gasteiger partial charge is 0.343 e. The first-order chi connectivity index (χ1) is 10.5. The van der Waals surface area contributed by atoms with Gasteiger partial charge in [-0.3, -0.25) is 4.79 Å². The van der Waals surface area contributed by atoms with Crippen molar-refractivity contribution >= 4 is 11.9 Å². The molecule has 4 nitrogen and oxygen atoms in total. The van der Waals surface area contributed by atoms with Gasteiger partial charge < -0.3 is 10.0 Å². The highest BCUT2D eigenvalue weighted by Gasteiger charge is 2.46. The Morgan fingerprint density at radius 2 is 2.05 bits per heavy atom. The Bertz CT molecular complexity index is 603. The number of rotatable bonds is 3. The Kier molecular flexibility index (Phi) is 3.89. The lowest BCUT2D eigenvalue weighted by molar-refractivity contribution is -0.150. The van der Waals surface area contributed by atoms with Gasteiger partial charge in [0.15, 0.2) is 0 Å². The summed E-state index contributed by atoms with van der Waals surface area (Å²) >= 11 is 0. The average Bonchev–Trinajstić information content (AvgIpc) is 2.91. The highest BCUT2D eigenvalue weighted by atomic mass is 19.1. The van der Waals surface area contributed by atoms with Crippen molar-refractivity contribution in [2.75, 3.05) is 13.1 Å². The molecule has 118 valence electrons. The van der Waals surface area contributed by atoms with Gasteiger partial charge >= 0.3 is 5.97 Å². The SMILES string of the molecule is O=C(CC1CCc2ccccc2C1)N1CCC(F)(C(=O)O)C1. The first-order valence-electron chi connectivity index (χ1n) is 7.75. The summed E-state index contributed by atoms with van der Waals surface area (Å²) in [6.45, 7) is -0.116. The molecule has 0 radical (unpaired) electrons. The van der Waals surface area contributed by atoms with Crippen LogP contribution in [0.4, 0.5) is 4.39 Å². The topological polar surface area (TPSA) is 57.6 Å². The fraction of sp³-hybridized carbons (Fsp3) is 0.529. The van der Waals surface area contributed by atoms with E-state index in [0.717, 1.165) is 19.3 Å². The molecule has 1 aliphatic carbocycles. The molecule has 3 rings (SSSR count). The van der Waals surface area contributed by atoms with Crippen molar-refractivity contribution in [3.05, 3.63) is 35.4 Å². The molecule has 2 unspecified atom stereocenters. The summed E-state index contributed by atoms with van der Waals surface area (Å²) in [5.74, 6) is -1.32. The first-order valence-corrected chi connectivity index (χ1v) is 7.75. The van der Waals surface area contributed by atoms with Crippen LogP contribution in [-0.2, 0) is 22.4 Å². The van der Waals surface area contributed by atoms with Crippen LogP contribution in [0.25, 0.3) is 0 Å². The van der Waals surface area contributed by atoms with E-state index in [1.165, 1.54) is 16.0 Å². The Morgan fingerprint density at radius 3 is 2.73 bits per heavy atom. The zero-order chi connectivity index (χ0) is 15.7. The summed E-state index contributed by atoms with van der Waals surface area (Å²) in [7, 11) is 0. The highest BCUT2D eigenvalue weighted by Crippen LogP contribution is 2.30. The lowest BCUT2D eigenvalue weighted by Gasteiger charge is -2.26. The second-order valence-electron chi connectivity index (χ2n) is 6.42. The molecule has 1 aromatic carbocycles. The first kappa shape index (κ1) is 15.0. The number of likely N-dealkylation sites (tertiary alicyclic amines) is 1. The minimum absolute atomic E-state index is 0.110. The van der Waals surface area contributed by atoms with Crippen molar-refractivity contribution in [3.8, 4) is 0 Å². The third kappa shape index (κ3) is 2.85. The predicted molar refractivity (Wildman–Crippen MR) is 79.2 cm³/mol. The van der Waals surface area contributed by atoms with Crippen LogP contribution in [-0.4, -0.2) is 40.6 Å². The molecule has 0 saturated carbocycles. The Labute approximate surface area is 128 Å². The van der Waals surface area contributed by atoms with Crippen molar-refractivity contribution in [3.63, 3.8) is 0 Å². The number of hydrogen-bond donors (Lipinski definition) is 1. The summed E-state index contributed by atoms with van der Waals surface area (Å²) in [6, 6.07) is 8.26. The lowest BCUT2D eigenvalue weighted by atomic mass is 9.82. The number of hydrogen-bond acceptors (Lipinski definition) is 2. The number of carbonyl (C=O) groups excluding carboxylic acids is 1. The third-order valence-electron chi connectivity index (χ3n) is 4.87. The number of carboxylic acids is 1. The molecule has 0 aromatic heterocycles. The predicted octanol–water partition coefficient (Wildman–Crippen LogP) is 2.21. The molecule has 1 aromatic rings. The van der Waals surface area contributed by atoms with Gasteiger partial charge in [-0.05, 0) is 36.3 Å². The molecule has 2 aliphatic rings. The van der Waals surface area contributed by atoms with E-state index in [-0.39, 0.29) is 31.3 Å². The van der Waals surface area contributed by atoms with Crippen molar-refractivity contribution in [2.24, 2.45) is 5.92 Å². The second kappa shape index (κ2) is 5.71. The van der Waals surface area contributed by atoms with Crippen LogP contribution < -0.4 is 0 Å². The molecule has 1 amide bonds. The number of aliphatic carboxylic acids is 1. The summed E-state index contributed by atoms with van der Waals surface area (Å²) in [5, 5.41) is 8.89. The summed E-state index contributed by atoms with van der Waals surface area (Å²) in [4.78, 5) is 24.6. The fourth-order valence-electron chi connectivity index (χ4n) is 3.48.